The number of aliphatic hydroxyl groups is 1. The molecule has 2 N–H and O–H groups in total. The van der Waals surface area contributed by atoms with Gasteiger partial charge in [-0.25, -0.2) is 0 Å². The van der Waals surface area contributed by atoms with Gasteiger partial charge in [0.25, 0.3) is 0 Å². The maximum Gasteiger partial charge on any atom is 0.312 e. The summed E-state index contributed by atoms with van der Waals surface area (Å²) in [6.07, 6.45) is 6.63. The Hall–Kier alpha value is -1.93. The van der Waals surface area contributed by atoms with Gasteiger partial charge >= 0.3 is 11.8 Å². The van der Waals surface area contributed by atoms with Crippen molar-refractivity contribution in [3.8, 4) is 0 Å². The summed E-state index contributed by atoms with van der Waals surface area (Å²) in [6, 6.07) is 2.28. The number of hydrogen-bond acceptors (Lipinski definition) is 5. The summed E-state index contributed by atoms with van der Waals surface area (Å²) in [7, 11) is 2.11. The van der Waals surface area contributed by atoms with E-state index in [2.05, 4.69) is 22.1 Å². The number of piperidine rings is 1. The van der Waals surface area contributed by atoms with Gasteiger partial charge in [-0.1, -0.05) is 0 Å². The summed E-state index contributed by atoms with van der Waals surface area (Å²) in [4.78, 5) is 31.5. The normalized spacial score (nSPS) is 28.7. The highest BCUT2D eigenvalue weighted by atomic mass is 16.3. The number of likely N-dealkylation sites (N-methyl/N-ethyl adjacent to an activating group) is 1. The van der Waals surface area contributed by atoms with Gasteiger partial charge in [0, 0.05) is 37.9 Å². The van der Waals surface area contributed by atoms with Crippen LogP contribution in [0.1, 0.15) is 44.2 Å². The van der Waals surface area contributed by atoms with Crippen LogP contribution in [0, 0.1) is 0 Å². The molecule has 0 radical (unpaired) electrons. The Kier molecular flexibility index (Phi) is 4.94. The first kappa shape index (κ1) is 18.4. The van der Waals surface area contributed by atoms with E-state index < -0.39 is 11.5 Å². The Labute approximate surface area is 159 Å². The monoisotopic (exact) mass is 375 g/mol. The van der Waals surface area contributed by atoms with Crippen LogP contribution in [0.4, 0.5) is 0 Å². The standard InChI is InChI=1S/C19H29N5O3/c1-22-10-2-4-14(22)15-5-3-11-24(15)18(26)17(25)23-12-7-19(27,8-13-23)16-6-9-20-21-16/h6,9,14-15,27H,2-5,7-8,10-13H2,1H3,(H,20,21). The van der Waals surface area contributed by atoms with Crippen LogP contribution >= 0.6 is 0 Å². The highest BCUT2D eigenvalue weighted by molar-refractivity contribution is 6.35. The number of nitrogens with zero attached hydrogens (tertiary/aromatic N) is 4. The molecule has 2 atom stereocenters. The van der Waals surface area contributed by atoms with E-state index >= 15 is 0 Å². The Morgan fingerprint density at radius 1 is 1.11 bits per heavy atom. The van der Waals surface area contributed by atoms with Crippen LogP contribution in [0.2, 0.25) is 0 Å². The Morgan fingerprint density at radius 3 is 2.44 bits per heavy atom. The van der Waals surface area contributed by atoms with Gasteiger partial charge in [-0.05, 0) is 58.2 Å². The molecule has 8 heteroatoms. The van der Waals surface area contributed by atoms with Gasteiger partial charge in [-0.2, -0.15) is 5.10 Å². The molecule has 0 bridgehead atoms. The Bertz CT molecular complexity index is 684. The largest absolute Gasteiger partial charge is 0.383 e. The van der Waals surface area contributed by atoms with Crippen LogP contribution in [0.25, 0.3) is 0 Å². The minimum Gasteiger partial charge on any atom is -0.383 e. The highest BCUT2D eigenvalue weighted by Crippen LogP contribution is 2.32. The van der Waals surface area contributed by atoms with E-state index in [9.17, 15) is 14.7 Å². The molecule has 4 heterocycles. The number of rotatable bonds is 2. The average Bonchev–Trinajstić information content (AvgIpc) is 3.42. The second kappa shape index (κ2) is 7.24. The Morgan fingerprint density at radius 2 is 1.81 bits per heavy atom. The number of aromatic amines is 1. The number of H-pyrrole nitrogens is 1. The molecule has 3 fully saturated rings. The van der Waals surface area contributed by atoms with Gasteiger partial charge in [0.1, 0.15) is 5.60 Å². The first-order chi connectivity index (χ1) is 13.0. The number of nitrogens with one attached hydrogen (secondary N) is 1. The molecule has 1 aromatic rings. The number of aromatic nitrogens is 2. The highest BCUT2D eigenvalue weighted by Gasteiger charge is 2.43. The minimum absolute atomic E-state index is 0.153. The summed E-state index contributed by atoms with van der Waals surface area (Å²) < 4.78 is 0. The number of carbonyl (C=O) groups excluding carboxylic acids is 2. The third-order valence-corrected chi connectivity index (χ3v) is 6.64. The van der Waals surface area contributed by atoms with Crippen LogP contribution in [-0.4, -0.2) is 87.1 Å². The maximum absolute atomic E-state index is 12.9. The predicted octanol–water partition coefficient (Wildman–Crippen LogP) is 0.305. The summed E-state index contributed by atoms with van der Waals surface area (Å²) in [5.41, 5.74) is -0.330. The molecule has 0 saturated carbocycles. The molecule has 3 aliphatic rings. The lowest BCUT2D eigenvalue weighted by Gasteiger charge is -2.38. The zero-order valence-electron chi connectivity index (χ0n) is 15.9. The van der Waals surface area contributed by atoms with E-state index in [1.165, 1.54) is 0 Å². The van der Waals surface area contributed by atoms with Crippen molar-refractivity contribution in [1.29, 1.82) is 0 Å². The third kappa shape index (κ3) is 3.36. The van der Waals surface area contributed by atoms with Gasteiger partial charge in [0.05, 0.1) is 5.69 Å². The molecule has 148 valence electrons. The Balaban J connectivity index is 1.39. The molecule has 3 aliphatic heterocycles. The minimum atomic E-state index is -1.00. The quantitative estimate of drug-likeness (QED) is 0.726. The van der Waals surface area contributed by atoms with Crippen LogP contribution in [0.3, 0.4) is 0 Å². The fraction of sp³-hybridized carbons (Fsp3) is 0.737. The molecule has 2 unspecified atom stereocenters. The number of carbonyl (C=O) groups is 2. The molecule has 1 aromatic heterocycles. The predicted molar refractivity (Wildman–Crippen MR) is 98.7 cm³/mol. The van der Waals surface area contributed by atoms with E-state index in [0.717, 1.165) is 32.2 Å². The lowest BCUT2D eigenvalue weighted by molar-refractivity contribution is -0.155. The van der Waals surface area contributed by atoms with Crippen LogP contribution in [0.15, 0.2) is 12.3 Å². The summed E-state index contributed by atoms with van der Waals surface area (Å²) in [5.74, 6) is -0.793. The van der Waals surface area contributed by atoms with Crippen molar-refractivity contribution in [1.82, 2.24) is 24.9 Å². The van der Waals surface area contributed by atoms with E-state index in [1.54, 1.807) is 17.2 Å². The zero-order valence-corrected chi connectivity index (χ0v) is 15.9. The van der Waals surface area contributed by atoms with Crippen LogP contribution in [-0.2, 0) is 15.2 Å². The first-order valence-corrected chi connectivity index (χ1v) is 10.0. The van der Waals surface area contributed by atoms with Gasteiger partial charge in [-0.15, -0.1) is 0 Å². The summed E-state index contributed by atoms with van der Waals surface area (Å²) in [6.45, 7) is 2.49. The van der Waals surface area contributed by atoms with E-state index in [4.69, 9.17) is 0 Å². The molecule has 0 aliphatic carbocycles. The van der Waals surface area contributed by atoms with Crippen molar-refractivity contribution >= 4 is 11.8 Å². The van der Waals surface area contributed by atoms with Crippen LogP contribution in [0.5, 0.6) is 0 Å². The summed E-state index contributed by atoms with van der Waals surface area (Å²) in [5, 5.41) is 17.5. The maximum atomic E-state index is 12.9. The molecule has 3 saturated heterocycles. The molecular formula is C19H29N5O3. The molecule has 27 heavy (non-hydrogen) atoms. The average molecular weight is 375 g/mol. The van der Waals surface area contributed by atoms with Crippen LogP contribution < -0.4 is 0 Å². The van der Waals surface area contributed by atoms with Gasteiger partial charge in [0.15, 0.2) is 0 Å². The van der Waals surface area contributed by atoms with E-state index in [1.807, 2.05) is 4.90 Å². The van der Waals surface area contributed by atoms with Crippen molar-refractivity contribution in [2.24, 2.45) is 0 Å². The molecule has 8 nitrogen and oxygen atoms in total. The molecule has 0 aromatic carbocycles. The van der Waals surface area contributed by atoms with Crippen molar-refractivity contribution in [2.45, 2.75) is 56.2 Å². The second-order valence-corrected chi connectivity index (χ2v) is 8.19. The SMILES string of the molecule is CN1CCCC1C1CCCN1C(=O)C(=O)N1CCC(O)(c2ccn[nH]2)CC1. The fourth-order valence-electron chi connectivity index (χ4n) is 4.99. The molecule has 0 spiro atoms. The first-order valence-electron chi connectivity index (χ1n) is 10.0. The number of hydrogen-bond donors (Lipinski definition) is 2. The van der Waals surface area contributed by atoms with Crippen molar-refractivity contribution in [2.75, 3.05) is 33.2 Å². The number of amides is 2. The van der Waals surface area contributed by atoms with Crippen molar-refractivity contribution in [3.05, 3.63) is 18.0 Å². The second-order valence-electron chi connectivity index (χ2n) is 8.19. The molecular weight excluding hydrogens is 346 g/mol. The lowest BCUT2D eigenvalue weighted by atomic mass is 9.88. The van der Waals surface area contributed by atoms with Crippen molar-refractivity contribution in [3.63, 3.8) is 0 Å². The van der Waals surface area contributed by atoms with Gasteiger partial charge in [-0.3, -0.25) is 14.7 Å². The van der Waals surface area contributed by atoms with E-state index in [-0.39, 0.29) is 11.9 Å². The molecule has 4 rings (SSSR count). The smallest absolute Gasteiger partial charge is 0.312 e. The zero-order chi connectivity index (χ0) is 19.0. The van der Waals surface area contributed by atoms with E-state index in [0.29, 0.717) is 44.2 Å². The lowest BCUT2D eigenvalue weighted by Crippen LogP contribution is -2.54. The molecule has 2 amide bonds. The van der Waals surface area contributed by atoms with Gasteiger partial charge in [0.2, 0.25) is 0 Å². The summed E-state index contributed by atoms with van der Waals surface area (Å²) >= 11 is 0. The topological polar surface area (TPSA) is 92.8 Å². The van der Waals surface area contributed by atoms with Gasteiger partial charge < -0.3 is 19.8 Å². The number of likely N-dealkylation sites (tertiary alicyclic amines) is 3. The van der Waals surface area contributed by atoms with Crippen molar-refractivity contribution < 1.29 is 14.7 Å². The third-order valence-electron chi connectivity index (χ3n) is 6.64. The fourth-order valence-corrected chi connectivity index (χ4v) is 4.99.